The standard InChI is InChI=1S/C20H18F3NO4/c21-20(22,23)16-7-2-1-6-15(16)17-12-24(8-9-28-17)18(25)11-13-4-3-5-14(10-13)19(26)27/h1-7,10,17H,8-9,11-12H2,(H,26,27). The van der Waals surface area contributed by atoms with Crippen LogP contribution < -0.4 is 0 Å². The van der Waals surface area contributed by atoms with Crippen LogP contribution in [0.5, 0.6) is 0 Å². The van der Waals surface area contributed by atoms with E-state index in [4.69, 9.17) is 9.84 Å². The first kappa shape index (κ1) is 19.9. The Bertz CT molecular complexity index is 882. The molecule has 8 heteroatoms. The summed E-state index contributed by atoms with van der Waals surface area (Å²) in [6.45, 7) is 0.393. The number of nitrogens with zero attached hydrogens (tertiary/aromatic N) is 1. The topological polar surface area (TPSA) is 66.8 Å². The molecular weight excluding hydrogens is 375 g/mol. The molecule has 28 heavy (non-hydrogen) atoms. The number of alkyl halides is 3. The molecule has 1 saturated heterocycles. The van der Waals surface area contributed by atoms with Crippen LogP contribution in [-0.2, 0) is 22.1 Å². The Kier molecular flexibility index (Phi) is 5.69. The molecule has 1 amide bonds. The number of carbonyl (C=O) groups is 2. The number of carboxylic acid groups (broad SMARTS) is 1. The first-order valence-electron chi connectivity index (χ1n) is 8.63. The lowest BCUT2D eigenvalue weighted by Crippen LogP contribution is -2.43. The highest BCUT2D eigenvalue weighted by atomic mass is 19.4. The Morgan fingerprint density at radius 3 is 2.61 bits per heavy atom. The third kappa shape index (κ3) is 4.51. The number of ether oxygens (including phenoxy) is 1. The Morgan fingerprint density at radius 2 is 1.89 bits per heavy atom. The fraction of sp³-hybridized carbons (Fsp3) is 0.300. The second kappa shape index (κ2) is 8.02. The van der Waals surface area contributed by atoms with E-state index < -0.39 is 23.8 Å². The van der Waals surface area contributed by atoms with Gasteiger partial charge in [-0.2, -0.15) is 13.2 Å². The summed E-state index contributed by atoms with van der Waals surface area (Å²) in [6.07, 6.45) is -5.42. The lowest BCUT2D eigenvalue weighted by atomic mass is 10.00. The van der Waals surface area contributed by atoms with Crippen LogP contribution in [0.25, 0.3) is 0 Å². The highest BCUT2D eigenvalue weighted by Crippen LogP contribution is 2.36. The summed E-state index contributed by atoms with van der Waals surface area (Å²) in [5, 5.41) is 9.04. The first-order valence-corrected chi connectivity index (χ1v) is 8.63. The summed E-state index contributed by atoms with van der Waals surface area (Å²) in [5.74, 6) is -1.38. The van der Waals surface area contributed by atoms with Crippen molar-refractivity contribution < 1.29 is 32.6 Å². The van der Waals surface area contributed by atoms with Crippen molar-refractivity contribution in [2.75, 3.05) is 19.7 Å². The van der Waals surface area contributed by atoms with Gasteiger partial charge in [0, 0.05) is 6.54 Å². The molecule has 0 saturated carbocycles. The number of aromatic carboxylic acids is 1. The van der Waals surface area contributed by atoms with E-state index in [1.54, 1.807) is 12.1 Å². The summed E-state index contributed by atoms with van der Waals surface area (Å²) in [6, 6.07) is 11.2. The van der Waals surface area contributed by atoms with E-state index in [1.807, 2.05) is 0 Å². The van der Waals surface area contributed by atoms with Crippen molar-refractivity contribution in [2.24, 2.45) is 0 Å². The van der Waals surface area contributed by atoms with Crippen LogP contribution in [0.1, 0.15) is 33.2 Å². The van der Waals surface area contributed by atoms with Gasteiger partial charge in [0.1, 0.15) is 6.10 Å². The monoisotopic (exact) mass is 393 g/mol. The smallest absolute Gasteiger partial charge is 0.416 e. The molecule has 0 aliphatic carbocycles. The van der Waals surface area contributed by atoms with E-state index >= 15 is 0 Å². The Balaban J connectivity index is 1.74. The molecule has 1 heterocycles. The van der Waals surface area contributed by atoms with Gasteiger partial charge in [-0.1, -0.05) is 30.3 Å². The molecule has 5 nitrogen and oxygen atoms in total. The Hall–Kier alpha value is -2.87. The molecular formula is C20H18F3NO4. The zero-order valence-corrected chi connectivity index (χ0v) is 14.8. The molecule has 3 rings (SSSR count). The van der Waals surface area contributed by atoms with Crippen LogP contribution in [0.4, 0.5) is 13.2 Å². The predicted octanol–water partition coefficient (Wildman–Crippen LogP) is 3.55. The van der Waals surface area contributed by atoms with Crippen LogP contribution in [0.2, 0.25) is 0 Å². The van der Waals surface area contributed by atoms with E-state index in [1.165, 1.54) is 35.2 Å². The highest BCUT2D eigenvalue weighted by Gasteiger charge is 2.37. The minimum atomic E-state index is -4.51. The average molecular weight is 393 g/mol. The van der Waals surface area contributed by atoms with E-state index in [0.29, 0.717) is 5.56 Å². The summed E-state index contributed by atoms with van der Waals surface area (Å²) < 4.78 is 45.3. The fourth-order valence-electron chi connectivity index (χ4n) is 3.20. The quantitative estimate of drug-likeness (QED) is 0.863. The Morgan fingerprint density at radius 1 is 1.14 bits per heavy atom. The van der Waals surface area contributed by atoms with Gasteiger partial charge in [-0.05, 0) is 29.3 Å². The number of hydrogen-bond acceptors (Lipinski definition) is 3. The molecule has 2 aromatic rings. The van der Waals surface area contributed by atoms with Gasteiger partial charge in [0.15, 0.2) is 0 Å². The molecule has 0 aromatic heterocycles. The number of rotatable bonds is 4. The summed E-state index contributed by atoms with van der Waals surface area (Å²) in [7, 11) is 0. The molecule has 1 N–H and O–H groups in total. The van der Waals surface area contributed by atoms with Gasteiger partial charge in [0.2, 0.25) is 5.91 Å². The van der Waals surface area contributed by atoms with Crippen molar-refractivity contribution in [1.29, 1.82) is 0 Å². The predicted molar refractivity (Wildman–Crippen MR) is 93.8 cm³/mol. The van der Waals surface area contributed by atoms with Gasteiger partial charge < -0.3 is 14.7 Å². The van der Waals surface area contributed by atoms with Gasteiger partial charge in [0.05, 0.1) is 30.7 Å². The van der Waals surface area contributed by atoms with E-state index in [0.717, 1.165) is 6.07 Å². The van der Waals surface area contributed by atoms with Crippen molar-refractivity contribution in [2.45, 2.75) is 18.7 Å². The zero-order valence-electron chi connectivity index (χ0n) is 14.8. The molecule has 1 aliphatic rings. The van der Waals surface area contributed by atoms with Gasteiger partial charge in [-0.3, -0.25) is 4.79 Å². The fourth-order valence-corrected chi connectivity index (χ4v) is 3.20. The molecule has 2 aromatic carbocycles. The largest absolute Gasteiger partial charge is 0.478 e. The maximum Gasteiger partial charge on any atom is 0.416 e. The maximum absolute atomic E-state index is 13.3. The number of carboxylic acids is 1. The SMILES string of the molecule is O=C(O)c1cccc(CC(=O)N2CCOC(c3ccccc3C(F)(F)F)C2)c1. The van der Waals surface area contributed by atoms with Crippen molar-refractivity contribution >= 4 is 11.9 Å². The number of carbonyl (C=O) groups excluding carboxylic acids is 1. The van der Waals surface area contributed by atoms with Crippen molar-refractivity contribution in [1.82, 2.24) is 4.90 Å². The number of morpholine rings is 1. The number of benzene rings is 2. The summed E-state index contributed by atoms with van der Waals surface area (Å²) in [4.78, 5) is 25.1. The normalized spacial score (nSPS) is 17.4. The highest BCUT2D eigenvalue weighted by molar-refractivity contribution is 5.88. The average Bonchev–Trinajstić information content (AvgIpc) is 2.67. The molecule has 0 bridgehead atoms. The lowest BCUT2D eigenvalue weighted by molar-refractivity contribution is -0.143. The lowest BCUT2D eigenvalue weighted by Gasteiger charge is -2.34. The molecule has 0 spiro atoms. The van der Waals surface area contributed by atoms with Gasteiger partial charge >= 0.3 is 12.1 Å². The molecule has 1 fully saturated rings. The van der Waals surface area contributed by atoms with Crippen LogP contribution in [0, 0.1) is 0 Å². The van der Waals surface area contributed by atoms with Crippen LogP contribution in [-0.4, -0.2) is 41.6 Å². The third-order valence-electron chi connectivity index (χ3n) is 4.56. The molecule has 1 aliphatic heterocycles. The van der Waals surface area contributed by atoms with E-state index in [2.05, 4.69) is 0 Å². The van der Waals surface area contributed by atoms with Gasteiger partial charge in [0.25, 0.3) is 0 Å². The minimum absolute atomic E-state index is 0.000347. The number of hydrogen-bond donors (Lipinski definition) is 1. The second-order valence-corrected chi connectivity index (χ2v) is 6.47. The molecule has 148 valence electrons. The number of amides is 1. The third-order valence-corrected chi connectivity index (χ3v) is 4.56. The van der Waals surface area contributed by atoms with Crippen LogP contribution in [0.15, 0.2) is 48.5 Å². The molecule has 1 atom stereocenters. The number of halogens is 3. The summed E-state index contributed by atoms with van der Waals surface area (Å²) >= 11 is 0. The van der Waals surface area contributed by atoms with Crippen molar-refractivity contribution in [3.63, 3.8) is 0 Å². The minimum Gasteiger partial charge on any atom is -0.478 e. The van der Waals surface area contributed by atoms with E-state index in [-0.39, 0.29) is 43.2 Å². The molecule has 1 unspecified atom stereocenters. The summed E-state index contributed by atoms with van der Waals surface area (Å²) in [5.41, 5.74) is -0.170. The Labute approximate surface area is 159 Å². The zero-order chi connectivity index (χ0) is 20.3. The van der Waals surface area contributed by atoms with Gasteiger partial charge in [-0.25, -0.2) is 4.79 Å². The second-order valence-electron chi connectivity index (χ2n) is 6.47. The van der Waals surface area contributed by atoms with Crippen molar-refractivity contribution in [3.05, 3.63) is 70.8 Å². The van der Waals surface area contributed by atoms with Crippen LogP contribution >= 0.6 is 0 Å². The molecule has 0 radical (unpaired) electrons. The maximum atomic E-state index is 13.3. The van der Waals surface area contributed by atoms with Crippen molar-refractivity contribution in [3.8, 4) is 0 Å². The van der Waals surface area contributed by atoms with Gasteiger partial charge in [-0.15, -0.1) is 0 Å². The first-order chi connectivity index (χ1) is 13.3. The van der Waals surface area contributed by atoms with Crippen LogP contribution in [0.3, 0.4) is 0 Å². The van der Waals surface area contributed by atoms with E-state index in [9.17, 15) is 22.8 Å².